The van der Waals surface area contributed by atoms with Gasteiger partial charge in [-0.1, -0.05) is 56.3 Å². The molecule has 2 aromatic carbocycles. The van der Waals surface area contributed by atoms with Crippen molar-refractivity contribution in [3.63, 3.8) is 0 Å². The van der Waals surface area contributed by atoms with E-state index in [0.717, 1.165) is 16.7 Å². The molecule has 0 spiro atoms. The molecule has 0 atom stereocenters. The average molecular weight is 545 g/mol. The summed E-state index contributed by atoms with van der Waals surface area (Å²) in [5.41, 5.74) is 3.34. The molecule has 0 aliphatic heterocycles. The Bertz CT molecular complexity index is 1560. The molecule has 0 amide bonds. The molecule has 0 fully saturated rings. The van der Waals surface area contributed by atoms with Gasteiger partial charge < -0.3 is 10.2 Å². The first-order valence-corrected chi connectivity index (χ1v) is 12.7. The molecular weight excluding hydrogens is 517 g/mol. The van der Waals surface area contributed by atoms with Crippen LogP contribution in [0.25, 0.3) is 22.6 Å². The fourth-order valence-corrected chi connectivity index (χ4v) is 4.35. The molecule has 8 nitrogen and oxygen atoms in total. The summed E-state index contributed by atoms with van der Waals surface area (Å²) in [4.78, 5) is 11.2. The van der Waals surface area contributed by atoms with Crippen LogP contribution in [-0.4, -0.2) is 37.1 Å². The van der Waals surface area contributed by atoms with Gasteiger partial charge in [-0.3, -0.25) is 0 Å². The van der Waals surface area contributed by atoms with E-state index in [1.54, 1.807) is 18.2 Å². The predicted molar refractivity (Wildman–Crippen MR) is 148 cm³/mol. The molecule has 0 aliphatic carbocycles. The number of H-pyrrole nitrogens is 1. The van der Waals surface area contributed by atoms with Crippen LogP contribution in [-0.2, 0) is 6.54 Å². The molecule has 0 saturated heterocycles. The smallest absolute Gasteiger partial charge is 0.280 e. The van der Waals surface area contributed by atoms with Crippen LogP contribution in [0.3, 0.4) is 0 Å². The number of benzene rings is 2. The van der Waals surface area contributed by atoms with Gasteiger partial charge in [0.25, 0.3) is 6.43 Å². The fraction of sp³-hybridized carbons (Fsp3) is 0.207. The highest BCUT2D eigenvalue weighted by Crippen LogP contribution is 2.33. The second kappa shape index (κ2) is 11.9. The lowest BCUT2D eigenvalue weighted by Gasteiger charge is -2.27. The van der Waals surface area contributed by atoms with Crippen molar-refractivity contribution in [3.05, 3.63) is 95.9 Å². The number of rotatable bonds is 10. The Labute approximate surface area is 229 Å². The number of aromatic nitrogens is 6. The SMILES string of the molecule is CC(C)CN(Cc1ccc(F)cc1)c1cc(Nc2cccc(C(F)F)n2)cc(-c2ccccc2-c2nnn[nH]2)n1. The van der Waals surface area contributed by atoms with Gasteiger partial charge in [0.05, 0.1) is 5.69 Å². The first kappa shape index (κ1) is 26.8. The van der Waals surface area contributed by atoms with Gasteiger partial charge in [-0.25, -0.2) is 28.2 Å². The van der Waals surface area contributed by atoms with Crippen molar-refractivity contribution in [2.75, 3.05) is 16.8 Å². The molecule has 5 aromatic rings. The monoisotopic (exact) mass is 544 g/mol. The Kier molecular flexibility index (Phi) is 7.99. The second-order valence-corrected chi connectivity index (χ2v) is 9.67. The van der Waals surface area contributed by atoms with E-state index >= 15 is 0 Å². The summed E-state index contributed by atoms with van der Waals surface area (Å²) in [6, 6.07) is 22.1. The zero-order valence-corrected chi connectivity index (χ0v) is 21.9. The van der Waals surface area contributed by atoms with E-state index in [0.29, 0.717) is 42.0 Å². The topological polar surface area (TPSA) is 95.5 Å². The average Bonchev–Trinajstić information content (AvgIpc) is 3.49. The third-order valence-corrected chi connectivity index (χ3v) is 6.08. The lowest BCUT2D eigenvalue weighted by atomic mass is 10.0. The van der Waals surface area contributed by atoms with Gasteiger partial charge in [-0.2, -0.15) is 0 Å². The fourth-order valence-electron chi connectivity index (χ4n) is 4.35. The van der Waals surface area contributed by atoms with Crippen molar-refractivity contribution >= 4 is 17.3 Å². The number of nitrogens with one attached hydrogen (secondary N) is 2. The van der Waals surface area contributed by atoms with Crippen molar-refractivity contribution < 1.29 is 13.2 Å². The minimum absolute atomic E-state index is 0.280. The van der Waals surface area contributed by atoms with Gasteiger partial charge in [-0.15, -0.1) is 5.10 Å². The van der Waals surface area contributed by atoms with Crippen LogP contribution in [0.1, 0.15) is 31.5 Å². The number of anilines is 3. The van der Waals surface area contributed by atoms with Gasteiger partial charge in [0.1, 0.15) is 23.1 Å². The first-order valence-electron chi connectivity index (χ1n) is 12.7. The van der Waals surface area contributed by atoms with Gasteiger partial charge in [0, 0.05) is 36.0 Å². The van der Waals surface area contributed by atoms with Crippen LogP contribution in [0.15, 0.2) is 78.9 Å². The minimum atomic E-state index is -2.69. The highest BCUT2D eigenvalue weighted by atomic mass is 19.3. The maximum Gasteiger partial charge on any atom is 0.280 e. The molecule has 2 N–H and O–H groups in total. The summed E-state index contributed by atoms with van der Waals surface area (Å²) < 4.78 is 40.2. The number of pyridine rings is 2. The summed E-state index contributed by atoms with van der Waals surface area (Å²) in [7, 11) is 0. The molecule has 11 heteroatoms. The van der Waals surface area contributed by atoms with Crippen molar-refractivity contribution in [2.45, 2.75) is 26.8 Å². The van der Waals surface area contributed by atoms with Crippen molar-refractivity contribution in [1.82, 2.24) is 30.6 Å². The van der Waals surface area contributed by atoms with Crippen LogP contribution in [0, 0.1) is 11.7 Å². The van der Waals surface area contributed by atoms with Crippen LogP contribution < -0.4 is 10.2 Å². The summed E-state index contributed by atoms with van der Waals surface area (Å²) >= 11 is 0. The zero-order valence-electron chi connectivity index (χ0n) is 21.9. The Morgan fingerprint density at radius 2 is 1.68 bits per heavy atom. The summed E-state index contributed by atoms with van der Waals surface area (Å²) in [5.74, 6) is 1.40. The number of aromatic amines is 1. The van der Waals surface area contributed by atoms with E-state index in [4.69, 9.17) is 4.98 Å². The molecule has 3 aromatic heterocycles. The van der Waals surface area contributed by atoms with Crippen molar-refractivity contribution in [1.29, 1.82) is 0 Å². The van der Waals surface area contributed by atoms with Gasteiger partial charge in [0.2, 0.25) is 0 Å². The van der Waals surface area contributed by atoms with E-state index in [1.807, 2.05) is 36.4 Å². The molecule has 0 radical (unpaired) electrons. The maximum absolute atomic E-state index is 13.6. The van der Waals surface area contributed by atoms with Gasteiger partial charge in [0.15, 0.2) is 5.82 Å². The molecule has 204 valence electrons. The summed E-state index contributed by atoms with van der Waals surface area (Å²) in [6.45, 7) is 5.36. The van der Waals surface area contributed by atoms with Gasteiger partial charge >= 0.3 is 0 Å². The van der Waals surface area contributed by atoms with Gasteiger partial charge in [-0.05, 0) is 52.2 Å². The van der Waals surface area contributed by atoms with Crippen LogP contribution in [0.2, 0.25) is 0 Å². The molecule has 3 heterocycles. The van der Waals surface area contributed by atoms with Crippen LogP contribution in [0.5, 0.6) is 0 Å². The number of hydrogen-bond donors (Lipinski definition) is 2. The molecule has 0 bridgehead atoms. The molecule has 0 aliphatic rings. The van der Waals surface area contributed by atoms with E-state index in [2.05, 4.69) is 49.7 Å². The second-order valence-electron chi connectivity index (χ2n) is 9.67. The Morgan fingerprint density at radius 1 is 0.900 bits per heavy atom. The Hall–Kier alpha value is -4.80. The highest BCUT2D eigenvalue weighted by Gasteiger charge is 2.18. The van der Waals surface area contributed by atoms with Crippen molar-refractivity contribution in [2.24, 2.45) is 5.92 Å². The third-order valence-electron chi connectivity index (χ3n) is 6.08. The molecule has 5 rings (SSSR count). The number of halogens is 3. The molecule has 40 heavy (non-hydrogen) atoms. The van der Waals surface area contributed by atoms with E-state index in [1.165, 1.54) is 24.3 Å². The van der Waals surface area contributed by atoms with Crippen LogP contribution in [0.4, 0.5) is 30.5 Å². The summed E-state index contributed by atoms with van der Waals surface area (Å²) in [6.07, 6.45) is -2.69. The predicted octanol–water partition coefficient (Wildman–Crippen LogP) is 6.81. The van der Waals surface area contributed by atoms with E-state index in [-0.39, 0.29) is 17.3 Å². The first-order chi connectivity index (χ1) is 19.4. The maximum atomic E-state index is 13.6. The largest absolute Gasteiger partial charge is 0.352 e. The molecule has 0 unspecified atom stereocenters. The minimum Gasteiger partial charge on any atom is -0.352 e. The quantitative estimate of drug-likeness (QED) is 0.199. The normalized spacial score (nSPS) is 11.3. The number of nitrogens with zero attached hydrogens (tertiary/aromatic N) is 6. The van der Waals surface area contributed by atoms with Crippen molar-refractivity contribution in [3.8, 4) is 22.6 Å². The highest BCUT2D eigenvalue weighted by molar-refractivity contribution is 5.81. The zero-order chi connectivity index (χ0) is 28.1. The standard InChI is InChI=1S/C29H27F3N8/c1-18(2)16-40(17-19-10-12-20(30)13-11-19)27-15-21(33-26-9-5-8-24(34-26)28(31)32)14-25(35-27)22-6-3-4-7-23(22)29-36-38-39-37-29/h3-15,18,28H,16-17H2,1-2H3,(H,33,34,35)(H,36,37,38,39). The number of alkyl halides is 2. The molecular formula is C29H27F3N8. The lowest BCUT2D eigenvalue weighted by Crippen LogP contribution is -2.28. The lowest BCUT2D eigenvalue weighted by molar-refractivity contribution is 0.146. The summed E-state index contributed by atoms with van der Waals surface area (Å²) in [5, 5.41) is 17.4. The van der Waals surface area contributed by atoms with E-state index < -0.39 is 6.43 Å². The Morgan fingerprint density at radius 3 is 2.38 bits per heavy atom. The number of tetrazole rings is 1. The Balaban J connectivity index is 1.61. The number of hydrogen-bond acceptors (Lipinski definition) is 7. The molecule has 0 saturated carbocycles. The van der Waals surface area contributed by atoms with Crippen LogP contribution >= 0.6 is 0 Å². The third kappa shape index (κ3) is 6.42. The van der Waals surface area contributed by atoms with E-state index in [9.17, 15) is 13.2 Å².